The molecule has 3 rings (SSSR count). The maximum Gasteiger partial charge on any atom is 0.346 e. The third-order valence-electron chi connectivity index (χ3n) is 4.56. The summed E-state index contributed by atoms with van der Waals surface area (Å²) in [7, 11) is 1.33. The number of carbonyl (C=O) groups excluding carboxylic acids is 1. The van der Waals surface area contributed by atoms with Crippen LogP contribution in [0.5, 0.6) is 0 Å². The molecular formula is C16H18N2O3. The summed E-state index contributed by atoms with van der Waals surface area (Å²) < 4.78 is 10.7. The molecule has 5 nitrogen and oxygen atoms in total. The van der Waals surface area contributed by atoms with Crippen molar-refractivity contribution in [2.45, 2.75) is 24.0 Å². The van der Waals surface area contributed by atoms with Crippen LogP contribution in [-0.2, 0) is 19.9 Å². The van der Waals surface area contributed by atoms with E-state index in [9.17, 15) is 10.1 Å². The highest BCUT2D eigenvalue weighted by Crippen LogP contribution is 2.50. The number of hydrogen-bond donors (Lipinski definition) is 0. The Labute approximate surface area is 124 Å². The molecule has 2 atom stereocenters. The van der Waals surface area contributed by atoms with Crippen molar-refractivity contribution in [3.63, 3.8) is 0 Å². The molecule has 0 unspecified atom stereocenters. The molecule has 2 saturated heterocycles. The Morgan fingerprint density at radius 2 is 2.00 bits per heavy atom. The second-order valence-electron chi connectivity index (χ2n) is 5.49. The second kappa shape index (κ2) is 5.14. The molecule has 1 aromatic rings. The molecule has 2 aliphatic heterocycles. The Morgan fingerprint density at radius 1 is 1.33 bits per heavy atom. The minimum atomic E-state index is -1.35. The van der Waals surface area contributed by atoms with Crippen molar-refractivity contribution in [1.82, 2.24) is 4.90 Å². The minimum Gasteiger partial charge on any atom is -0.467 e. The van der Waals surface area contributed by atoms with Crippen LogP contribution >= 0.6 is 0 Å². The van der Waals surface area contributed by atoms with E-state index in [1.54, 1.807) is 0 Å². The van der Waals surface area contributed by atoms with Crippen LogP contribution in [-0.4, -0.2) is 43.2 Å². The summed E-state index contributed by atoms with van der Waals surface area (Å²) in [6, 6.07) is 11.6. The number of benzene rings is 1. The van der Waals surface area contributed by atoms with Gasteiger partial charge in [-0.05, 0) is 31.5 Å². The van der Waals surface area contributed by atoms with E-state index in [1.165, 1.54) is 7.11 Å². The summed E-state index contributed by atoms with van der Waals surface area (Å²) >= 11 is 0. The van der Waals surface area contributed by atoms with Crippen molar-refractivity contribution in [2.24, 2.45) is 0 Å². The molecule has 2 aliphatic rings. The van der Waals surface area contributed by atoms with Crippen molar-refractivity contribution < 1.29 is 14.3 Å². The maximum atomic E-state index is 12.5. The molecule has 0 amide bonds. The van der Waals surface area contributed by atoms with Crippen LogP contribution in [0.2, 0.25) is 0 Å². The monoisotopic (exact) mass is 286 g/mol. The van der Waals surface area contributed by atoms with Gasteiger partial charge in [-0.25, -0.2) is 4.79 Å². The fourth-order valence-corrected chi connectivity index (χ4v) is 3.43. The van der Waals surface area contributed by atoms with Crippen LogP contribution in [0.4, 0.5) is 0 Å². The summed E-state index contributed by atoms with van der Waals surface area (Å²) in [6.07, 6.45) is 2.07. The largest absolute Gasteiger partial charge is 0.467 e. The lowest BCUT2D eigenvalue weighted by Gasteiger charge is -2.56. The van der Waals surface area contributed by atoms with E-state index >= 15 is 0 Å². The fourth-order valence-electron chi connectivity index (χ4n) is 3.43. The van der Waals surface area contributed by atoms with Crippen molar-refractivity contribution in [3.8, 4) is 6.07 Å². The predicted octanol–water partition coefficient (Wildman–Crippen LogP) is 1.44. The molecule has 110 valence electrons. The fraction of sp³-hybridized carbons (Fsp3) is 0.500. The van der Waals surface area contributed by atoms with Crippen molar-refractivity contribution in [2.75, 3.05) is 26.8 Å². The van der Waals surface area contributed by atoms with Crippen molar-refractivity contribution in [3.05, 3.63) is 35.9 Å². The Morgan fingerprint density at radius 3 is 2.48 bits per heavy atom. The number of hydrogen-bond acceptors (Lipinski definition) is 5. The molecule has 0 radical (unpaired) electrons. The van der Waals surface area contributed by atoms with Gasteiger partial charge in [0.2, 0.25) is 5.60 Å². The standard InChI is InChI=1S/C16H18N2O3/c1-20-14(19)16(13-7-3-2-4-8-13)15(11-17,12-21-16)18-9-5-6-10-18/h2-4,7-8H,5-6,9-10,12H2,1H3/t15-,16+/m1/s1. The summed E-state index contributed by atoms with van der Waals surface area (Å²) in [5.41, 5.74) is -1.64. The van der Waals surface area contributed by atoms with Crippen molar-refractivity contribution in [1.29, 1.82) is 5.26 Å². The molecule has 0 bridgehead atoms. The number of likely N-dealkylation sites (tertiary alicyclic amines) is 1. The molecule has 0 spiro atoms. The van der Waals surface area contributed by atoms with Gasteiger partial charge in [0.25, 0.3) is 0 Å². The van der Waals surface area contributed by atoms with Crippen LogP contribution in [0.1, 0.15) is 18.4 Å². The summed E-state index contributed by atoms with van der Waals surface area (Å²) in [6.45, 7) is 1.85. The van der Waals surface area contributed by atoms with E-state index < -0.39 is 17.1 Å². The molecule has 0 aliphatic carbocycles. The van der Waals surface area contributed by atoms with Crippen LogP contribution < -0.4 is 0 Å². The zero-order valence-corrected chi connectivity index (χ0v) is 12.0. The molecule has 2 heterocycles. The lowest BCUT2D eigenvalue weighted by atomic mass is 9.70. The number of carbonyl (C=O) groups is 1. The average Bonchev–Trinajstić information content (AvgIpc) is 3.03. The molecule has 1 aromatic carbocycles. The van der Waals surface area contributed by atoms with Crippen LogP contribution in [0, 0.1) is 11.3 Å². The molecule has 2 fully saturated rings. The van der Waals surface area contributed by atoms with Crippen LogP contribution in [0.15, 0.2) is 30.3 Å². The quantitative estimate of drug-likeness (QED) is 0.787. The maximum absolute atomic E-state index is 12.5. The number of esters is 1. The van der Waals surface area contributed by atoms with Gasteiger partial charge in [0.15, 0.2) is 5.54 Å². The van der Waals surface area contributed by atoms with Gasteiger partial charge in [-0.15, -0.1) is 0 Å². The van der Waals surface area contributed by atoms with E-state index in [-0.39, 0.29) is 6.61 Å². The van der Waals surface area contributed by atoms with Gasteiger partial charge < -0.3 is 9.47 Å². The van der Waals surface area contributed by atoms with E-state index in [0.717, 1.165) is 25.9 Å². The highest BCUT2D eigenvalue weighted by Gasteiger charge is 2.71. The zero-order chi connectivity index (χ0) is 14.9. The molecule has 0 aromatic heterocycles. The smallest absolute Gasteiger partial charge is 0.346 e. The van der Waals surface area contributed by atoms with Crippen molar-refractivity contribution >= 4 is 5.97 Å². The lowest BCUT2D eigenvalue weighted by molar-refractivity contribution is -0.258. The molecule has 0 saturated carbocycles. The highest BCUT2D eigenvalue weighted by atomic mass is 16.6. The highest BCUT2D eigenvalue weighted by molar-refractivity contribution is 5.86. The van der Waals surface area contributed by atoms with Gasteiger partial charge >= 0.3 is 5.97 Å². The summed E-state index contributed by atoms with van der Waals surface area (Å²) in [4.78, 5) is 14.6. The molecule has 0 N–H and O–H groups in total. The van der Waals surface area contributed by atoms with Crippen LogP contribution in [0.3, 0.4) is 0 Å². The van der Waals surface area contributed by atoms with Crippen LogP contribution in [0.25, 0.3) is 0 Å². The molecular weight excluding hydrogens is 268 g/mol. The SMILES string of the molecule is COC(=O)[C@]1(c2ccccc2)OC[C@@]1(C#N)N1CCCC1. The predicted molar refractivity (Wildman–Crippen MR) is 75.2 cm³/mol. The normalized spacial score (nSPS) is 32.2. The third kappa shape index (κ3) is 1.73. The average molecular weight is 286 g/mol. The Balaban J connectivity index is 2.12. The lowest BCUT2D eigenvalue weighted by Crippen LogP contribution is -2.76. The first kappa shape index (κ1) is 14.1. The summed E-state index contributed by atoms with van der Waals surface area (Å²) in [5.74, 6) is -0.506. The Kier molecular flexibility index (Phi) is 3.44. The number of rotatable bonds is 3. The number of methoxy groups -OCH3 is 1. The first-order valence-electron chi connectivity index (χ1n) is 7.15. The Hall–Kier alpha value is -1.90. The first-order chi connectivity index (χ1) is 10.2. The second-order valence-corrected chi connectivity index (χ2v) is 5.49. The van der Waals surface area contributed by atoms with Gasteiger partial charge in [-0.1, -0.05) is 30.3 Å². The van der Waals surface area contributed by atoms with Gasteiger partial charge in [-0.2, -0.15) is 5.26 Å². The van der Waals surface area contributed by atoms with E-state index in [2.05, 4.69) is 11.0 Å². The number of ether oxygens (including phenoxy) is 2. The van der Waals surface area contributed by atoms with Gasteiger partial charge in [0, 0.05) is 0 Å². The molecule has 5 heteroatoms. The molecule has 21 heavy (non-hydrogen) atoms. The van der Waals surface area contributed by atoms with Gasteiger partial charge in [0.05, 0.1) is 19.8 Å². The summed E-state index contributed by atoms with van der Waals surface area (Å²) in [5, 5.41) is 9.86. The number of nitrogens with zero attached hydrogens (tertiary/aromatic N) is 2. The topological polar surface area (TPSA) is 62.6 Å². The zero-order valence-electron chi connectivity index (χ0n) is 12.0. The van der Waals surface area contributed by atoms with E-state index in [0.29, 0.717) is 5.56 Å². The first-order valence-corrected chi connectivity index (χ1v) is 7.15. The number of nitriles is 1. The van der Waals surface area contributed by atoms with Gasteiger partial charge in [0.1, 0.15) is 0 Å². The van der Waals surface area contributed by atoms with E-state index in [4.69, 9.17) is 9.47 Å². The van der Waals surface area contributed by atoms with E-state index in [1.807, 2.05) is 30.3 Å². The van der Waals surface area contributed by atoms with Gasteiger partial charge in [-0.3, -0.25) is 4.90 Å². The minimum absolute atomic E-state index is 0.230. The Bertz CT molecular complexity index is 577. The third-order valence-corrected chi connectivity index (χ3v) is 4.56.